The minimum Gasteiger partial charge on any atom is -0.462 e. The first-order valence-corrected chi connectivity index (χ1v) is 8.22. The topological polar surface area (TPSA) is 70.8 Å². The number of benzene rings is 1. The Hall–Kier alpha value is -2.67. The van der Waals surface area contributed by atoms with E-state index in [0.717, 1.165) is 11.3 Å². The zero-order valence-electron chi connectivity index (χ0n) is 13.8. The van der Waals surface area contributed by atoms with Gasteiger partial charge in [-0.15, -0.1) is 0 Å². The molecule has 3 heterocycles. The second-order valence-electron chi connectivity index (χ2n) is 6.02. The molecule has 0 radical (unpaired) electrons. The third-order valence-electron chi connectivity index (χ3n) is 4.53. The van der Waals surface area contributed by atoms with E-state index in [0.29, 0.717) is 30.8 Å². The molecule has 2 aliphatic rings. The molecule has 130 valence electrons. The molecule has 25 heavy (non-hydrogen) atoms. The van der Waals surface area contributed by atoms with Crippen LogP contribution in [0.4, 0.5) is 4.39 Å². The minimum atomic E-state index is -0.672. The number of hydrogen-bond donors (Lipinski definition) is 1. The number of H-pyrrole nitrogens is 1. The summed E-state index contributed by atoms with van der Waals surface area (Å²) in [5.41, 5.74) is 2.07. The Morgan fingerprint density at radius 2 is 2.20 bits per heavy atom. The van der Waals surface area contributed by atoms with Gasteiger partial charge in [-0.25, -0.2) is 14.2 Å². The molecule has 2 aliphatic heterocycles. The van der Waals surface area contributed by atoms with E-state index in [4.69, 9.17) is 9.47 Å². The number of halogens is 1. The van der Waals surface area contributed by atoms with Crippen molar-refractivity contribution in [3.63, 3.8) is 0 Å². The number of aromatic amines is 1. The van der Waals surface area contributed by atoms with Crippen LogP contribution in [0.15, 0.2) is 36.8 Å². The Morgan fingerprint density at radius 3 is 2.88 bits per heavy atom. The van der Waals surface area contributed by atoms with Crippen molar-refractivity contribution in [3.8, 4) is 0 Å². The fourth-order valence-corrected chi connectivity index (χ4v) is 3.18. The number of rotatable bonds is 4. The predicted octanol–water partition coefficient (Wildman–Crippen LogP) is 2.19. The van der Waals surface area contributed by atoms with E-state index >= 15 is 0 Å². The summed E-state index contributed by atoms with van der Waals surface area (Å²) in [6.45, 7) is 3.17. The predicted molar refractivity (Wildman–Crippen MR) is 87.6 cm³/mol. The Morgan fingerprint density at radius 1 is 1.44 bits per heavy atom. The summed E-state index contributed by atoms with van der Waals surface area (Å²) in [7, 11) is 0. The van der Waals surface area contributed by atoms with E-state index in [9.17, 15) is 9.18 Å². The van der Waals surface area contributed by atoms with Crippen molar-refractivity contribution in [1.82, 2.24) is 14.9 Å². The summed E-state index contributed by atoms with van der Waals surface area (Å²) < 4.78 is 24.2. The zero-order chi connectivity index (χ0) is 17.4. The maximum atomic E-state index is 13.3. The number of fused-ring (bicyclic) bond motifs is 1. The van der Waals surface area contributed by atoms with Gasteiger partial charge >= 0.3 is 5.97 Å². The van der Waals surface area contributed by atoms with Crippen molar-refractivity contribution in [2.24, 2.45) is 0 Å². The number of ether oxygens (including phenoxy) is 2. The Labute approximate surface area is 144 Å². The second kappa shape index (κ2) is 6.00. The number of nitrogens with one attached hydrogen (secondary N) is 1. The van der Waals surface area contributed by atoms with E-state index < -0.39 is 11.7 Å². The molecule has 1 N–H and O–H groups in total. The SMILES string of the molecule is CCOC(=O)C1=CN(C2(c3ccc(F)cc3)CO2)CCc2[nH]cnc21. The van der Waals surface area contributed by atoms with Gasteiger partial charge in [0, 0.05) is 30.4 Å². The van der Waals surface area contributed by atoms with Gasteiger partial charge in [-0.3, -0.25) is 0 Å². The maximum Gasteiger partial charge on any atom is 0.341 e. The van der Waals surface area contributed by atoms with Crippen LogP contribution in [-0.4, -0.2) is 40.6 Å². The van der Waals surface area contributed by atoms with Gasteiger partial charge in [-0.2, -0.15) is 0 Å². The lowest BCUT2D eigenvalue weighted by Crippen LogP contribution is -2.34. The first-order valence-electron chi connectivity index (χ1n) is 8.22. The highest BCUT2D eigenvalue weighted by Crippen LogP contribution is 2.44. The molecule has 6 nitrogen and oxygen atoms in total. The van der Waals surface area contributed by atoms with Gasteiger partial charge in [-0.1, -0.05) is 12.1 Å². The van der Waals surface area contributed by atoms with Crippen LogP contribution in [0.3, 0.4) is 0 Å². The molecule has 0 bridgehead atoms. The van der Waals surface area contributed by atoms with Crippen LogP contribution in [0, 0.1) is 5.82 Å². The molecular formula is C18H18FN3O3. The van der Waals surface area contributed by atoms with Crippen molar-refractivity contribution >= 4 is 11.5 Å². The summed E-state index contributed by atoms with van der Waals surface area (Å²) in [5, 5.41) is 0. The molecule has 0 aliphatic carbocycles. The highest BCUT2D eigenvalue weighted by atomic mass is 19.1. The largest absolute Gasteiger partial charge is 0.462 e. The number of esters is 1. The quantitative estimate of drug-likeness (QED) is 0.681. The lowest BCUT2D eigenvalue weighted by molar-refractivity contribution is -0.136. The number of carbonyl (C=O) groups excluding carboxylic acids is 1. The normalized spacial score (nSPS) is 22.0. The molecule has 0 amide bonds. The minimum absolute atomic E-state index is 0.287. The van der Waals surface area contributed by atoms with Crippen molar-refractivity contribution < 1.29 is 18.7 Å². The standard InChI is InChI=1S/C18H18FN3O3/c1-2-24-17(23)14-9-22(8-7-15-16(14)21-11-20-15)18(10-25-18)12-3-5-13(19)6-4-12/h3-6,9,11H,2,7-8,10H2,1H3,(H,20,21). The van der Waals surface area contributed by atoms with E-state index in [1.165, 1.54) is 12.1 Å². The Kier molecular flexibility index (Phi) is 3.80. The lowest BCUT2D eigenvalue weighted by atomic mass is 10.1. The van der Waals surface area contributed by atoms with E-state index in [-0.39, 0.29) is 12.4 Å². The molecule has 1 aromatic heterocycles. The van der Waals surface area contributed by atoms with Gasteiger partial charge in [0.2, 0.25) is 0 Å². The van der Waals surface area contributed by atoms with Crippen LogP contribution in [-0.2, 0) is 26.4 Å². The summed E-state index contributed by atoms with van der Waals surface area (Å²) >= 11 is 0. The number of aromatic nitrogens is 2. The highest BCUT2D eigenvalue weighted by molar-refractivity contribution is 6.16. The summed E-state index contributed by atoms with van der Waals surface area (Å²) in [5.74, 6) is -0.713. The summed E-state index contributed by atoms with van der Waals surface area (Å²) in [6.07, 6.45) is 4.01. The molecule has 1 atom stereocenters. The summed E-state index contributed by atoms with van der Waals surface area (Å²) in [4.78, 5) is 21.8. The number of hydrogen-bond acceptors (Lipinski definition) is 5. The molecule has 2 aromatic rings. The molecule has 4 rings (SSSR count). The molecule has 1 unspecified atom stereocenters. The molecule has 7 heteroatoms. The van der Waals surface area contributed by atoms with Gasteiger partial charge in [0.1, 0.15) is 23.7 Å². The fourth-order valence-electron chi connectivity index (χ4n) is 3.18. The van der Waals surface area contributed by atoms with Gasteiger partial charge in [-0.05, 0) is 19.1 Å². The third kappa shape index (κ3) is 2.70. The Balaban J connectivity index is 1.73. The number of imidazole rings is 1. The van der Waals surface area contributed by atoms with E-state index in [1.807, 2.05) is 4.90 Å². The maximum absolute atomic E-state index is 13.3. The van der Waals surface area contributed by atoms with Crippen LogP contribution < -0.4 is 0 Å². The van der Waals surface area contributed by atoms with Crippen molar-refractivity contribution in [3.05, 3.63) is 59.6 Å². The second-order valence-corrected chi connectivity index (χ2v) is 6.02. The number of epoxide rings is 1. The molecule has 0 saturated carbocycles. The first kappa shape index (κ1) is 15.8. The Bertz CT molecular complexity index is 824. The summed E-state index contributed by atoms with van der Waals surface area (Å²) in [6, 6.07) is 6.25. The molecule has 0 spiro atoms. The van der Waals surface area contributed by atoms with Gasteiger partial charge in [0.05, 0.1) is 12.9 Å². The molecule has 1 aromatic carbocycles. The van der Waals surface area contributed by atoms with Crippen LogP contribution >= 0.6 is 0 Å². The van der Waals surface area contributed by atoms with Crippen LogP contribution in [0.5, 0.6) is 0 Å². The lowest BCUT2D eigenvalue weighted by Gasteiger charge is -2.27. The van der Waals surface area contributed by atoms with Gasteiger partial charge in [0.25, 0.3) is 0 Å². The van der Waals surface area contributed by atoms with Crippen LogP contribution in [0.25, 0.3) is 5.57 Å². The average Bonchev–Trinajstić information content (AvgIpc) is 3.32. The fraction of sp³-hybridized carbons (Fsp3) is 0.333. The van der Waals surface area contributed by atoms with Crippen LogP contribution in [0.1, 0.15) is 23.9 Å². The molecular weight excluding hydrogens is 325 g/mol. The average molecular weight is 343 g/mol. The monoisotopic (exact) mass is 343 g/mol. The number of carbonyl (C=O) groups is 1. The number of nitrogens with zero attached hydrogens (tertiary/aromatic N) is 2. The van der Waals surface area contributed by atoms with Gasteiger partial charge in [0.15, 0.2) is 5.72 Å². The smallest absolute Gasteiger partial charge is 0.341 e. The molecule has 1 saturated heterocycles. The highest BCUT2D eigenvalue weighted by Gasteiger charge is 2.51. The first-order chi connectivity index (χ1) is 12.1. The van der Waals surface area contributed by atoms with E-state index in [1.54, 1.807) is 31.6 Å². The van der Waals surface area contributed by atoms with Crippen molar-refractivity contribution in [2.45, 2.75) is 19.1 Å². The van der Waals surface area contributed by atoms with Crippen LogP contribution in [0.2, 0.25) is 0 Å². The zero-order valence-corrected chi connectivity index (χ0v) is 13.8. The van der Waals surface area contributed by atoms with Crippen molar-refractivity contribution in [1.29, 1.82) is 0 Å². The molecule has 1 fully saturated rings. The van der Waals surface area contributed by atoms with E-state index in [2.05, 4.69) is 9.97 Å². The van der Waals surface area contributed by atoms with Gasteiger partial charge < -0.3 is 19.4 Å². The van der Waals surface area contributed by atoms with Crippen molar-refractivity contribution in [2.75, 3.05) is 19.8 Å². The third-order valence-corrected chi connectivity index (χ3v) is 4.53.